The van der Waals surface area contributed by atoms with Crippen LogP contribution in [0.15, 0.2) is 42.5 Å². The van der Waals surface area contributed by atoms with E-state index < -0.39 is 0 Å². The van der Waals surface area contributed by atoms with Gasteiger partial charge in [-0.3, -0.25) is 0 Å². The Bertz CT molecular complexity index is 563. The second kappa shape index (κ2) is 6.23. The molecule has 2 N–H and O–H groups in total. The SMILES string of the molecule is CCc1ccccc1C(N)Cc1ccc(C)cc1Cl. The highest BCUT2D eigenvalue weighted by atomic mass is 35.5. The summed E-state index contributed by atoms with van der Waals surface area (Å²) < 4.78 is 0. The van der Waals surface area contributed by atoms with Crippen molar-refractivity contribution in [3.8, 4) is 0 Å². The molecule has 0 aliphatic rings. The molecule has 0 aliphatic carbocycles. The highest BCUT2D eigenvalue weighted by Gasteiger charge is 2.12. The van der Waals surface area contributed by atoms with E-state index in [-0.39, 0.29) is 6.04 Å². The zero-order valence-corrected chi connectivity index (χ0v) is 12.2. The second-order valence-corrected chi connectivity index (χ2v) is 5.37. The number of aryl methyl sites for hydroxylation is 2. The molecule has 0 heterocycles. The molecular formula is C17H20ClN. The van der Waals surface area contributed by atoms with Crippen LogP contribution in [0.25, 0.3) is 0 Å². The van der Waals surface area contributed by atoms with Crippen LogP contribution in [0.1, 0.15) is 35.2 Å². The van der Waals surface area contributed by atoms with Crippen LogP contribution in [-0.2, 0) is 12.8 Å². The average Bonchev–Trinajstić information content (AvgIpc) is 2.41. The van der Waals surface area contributed by atoms with Gasteiger partial charge >= 0.3 is 0 Å². The molecule has 0 radical (unpaired) electrons. The molecule has 2 heteroatoms. The van der Waals surface area contributed by atoms with E-state index in [1.807, 2.05) is 19.1 Å². The fourth-order valence-corrected chi connectivity index (χ4v) is 2.69. The van der Waals surface area contributed by atoms with E-state index in [0.29, 0.717) is 0 Å². The normalized spacial score (nSPS) is 12.4. The van der Waals surface area contributed by atoms with Crippen molar-refractivity contribution in [1.29, 1.82) is 0 Å². The first-order valence-corrected chi connectivity index (χ1v) is 7.08. The van der Waals surface area contributed by atoms with Crippen LogP contribution in [0.4, 0.5) is 0 Å². The molecule has 2 aromatic carbocycles. The Morgan fingerprint density at radius 1 is 1.11 bits per heavy atom. The van der Waals surface area contributed by atoms with E-state index in [2.05, 4.69) is 37.3 Å². The Morgan fingerprint density at radius 3 is 2.53 bits per heavy atom. The van der Waals surface area contributed by atoms with Crippen LogP contribution in [0.3, 0.4) is 0 Å². The number of nitrogens with two attached hydrogens (primary N) is 1. The molecule has 0 spiro atoms. The van der Waals surface area contributed by atoms with E-state index >= 15 is 0 Å². The minimum atomic E-state index is -0.00337. The van der Waals surface area contributed by atoms with Crippen molar-refractivity contribution in [3.05, 3.63) is 69.7 Å². The third-order valence-corrected chi connectivity index (χ3v) is 3.84. The molecular weight excluding hydrogens is 254 g/mol. The quantitative estimate of drug-likeness (QED) is 0.875. The first-order chi connectivity index (χ1) is 9.11. The first-order valence-electron chi connectivity index (χ1n) is 6.70. The molecule has 0 fully saturated rings. The Kier molecular flexibility index (Phi) is 4.62. The Balaban J connectivity index is 2.23. The van der Waals surface area contributed by atoms with Crippen molar-refractivity contribution in [1.82, 2.24) is 0 Å². The van der Waals surface area contributed by atoms with Crippen LogP contribution in [0.2, 0.25) is 5.02 Å². The molecule has 0 aliphatic heterocycles. The van der Waals surface area contributed by atoms with Gasteiger partial charge in [-0.25, -0.2) is 0 Å². The molecule has 19 heavy (non-hydrogen) atoms. The number of rotatable bonds is 4. The zero-order valence-electron chi connectivity index (χ0n) is 11.5. The summed E-state index contributed by atoms with van der Waals surface area (Å²) in [5.74, 6) is 0. The number of hydrogen-bond acceptors (Lipinski definition) is 1. The summed E-state index contributed by atoms with van der Waals surface area (Å²) in [4.78, 5) is 0. The summed E-state index contributed by atoms with van der Waals surface area (Å²) in [5.41, 5.74) is 11.2. The number of halogens is 1. The molecule has 1 unspecified atom stereocenters. The summed E-state index contributed by atoms with van der Waals surface area (Å²) in [7, 11) is 0. The molecule has 0 saturated carbocycles. The lowest BCUT2D eigenvalue weighted by molar-refractivity contribution is 0.712. The predicted molar refractivity (Wildman–Crippen MR) is 82.6 cm³/mol. The van der Waals surface area contributed by atoms with Crippen LogP contribution in [0, 0.1) is 6.92 Å². The van der Waals surface area contributed by atoms with Crippen molar-refractivity contribution in [3.63, 3.8) is 0 Å². The van der Waals surface area contributed by atoms with Crippen molar-refractivity contribution in [2.24, 2.45) is 5.73 Å². The van der Waals surface area contributed by atoms with Crippen LogP contribution >= 0.6 is 11.6 Å². The highest BCUT2D eigenvalue weighted by molar-refractivity contribution is 6.31. The minimum absolute atomic E-state index is 0.00337. The Morgan fingerprint density at radius 2 is 1.84 bits per heavy atom. The zero-order chi connectivity index (χ0) is 13.8. The highest BCUT2D eigenvalue weighted by Crippen LogP contribution is 2.25. The van der Waals surface area contributed by atoms with E-state index in [9.17, 15) is 0 Å². The molecule has 0 aromatic heterocycles. The summed E-state index contributed by atoms with van der Waals surface area (Å²) in [5, 5.41) is 0.810. The van der Waals surface area contributed by atoms with Crippen LogP contribution in [0.5, 0.6) is 0 Å². The maximum absolute atomic E-state index is 6.35. The van der Waals surface area contributed by atoms with Gasteiger partial charge in [0.1, 0.15) is 0 Å². The van der Waals surface area contributed by atoms with Gasteiger partial charge in [-0.15, -0.1) is 0 Å². The van der Waals surface area contributed by atoms with Gasteiger partial charge in [-0.05, 0) is 48.1 Å². The Labute approximate surface area is 120 Å². The summed E-state index contributed by atoms with van der Waals surface area (Å²) >= 11 is 6.28. The van der Waals surface area contributed by atoms with Crippen LogP contribution in [-0.4, -0.2) is 0 Å². The van der Waals surface area contributed by atoms with Crippen molar-refractivity contribution in [2.75, 3.05) is 0 Å². The molecule has 0 amide bonds. The first kappa shape index (κ1) is 14.1. The second-order valence-electron chi connectivity index (χ2n) is 4.96. The van der Waals surface area contributed by atoms with Crippen molar-refractivity contribution < 1.29 is 0 Å². The monoisotopic (exact) mass is 273 g/mol. The average molecular weight is 274 g/mol. The summed E-state index contributed by atoms with van der Waals surface area (Å²) in [6.45, 7) is 4.20. The molecule has 2 aromatic rings. The molecule has 100 valence electrons. The number of hydrogen-bond donors (Lipinski definition) is 1. The fourth-order valence-electron chi connectivity index (χ4n) is 2.38. The summed E-state index contributed by atoms with van der Waals surface area (Å²) in [6.07, 6.45) is 1.78. The number of benzene rings is 2. The molecule has 0 saturated heterocycles. The van der Waals surface area contributed by atoms with Gasteiger partial charge < -0.3 is 5.73 Å². The van der Waals surface area contributed by atoms with E-state index in [4.69, 9.17) is 17.3 Å². The van der Waals surface area contributed by atoms with E-state index in [1.165, 1.54) is 16.7 Å². The standard InChI is InChI=1S/C17H20ClN/c1-3-13-6-4-5-7-15(13)17(19)11-14-9-8-12(2)10-16(14)18/h4-10,17H,3,11,19H2,1-2H3. The third kappa shape index (κ3) is 3.37. The Hall–Kier alpha value is -1.31. The van der Waals surface area contributed by atoms with Gasteiger partial charge in [0, 0.05) is 11.1 Å². The van der Waals surface area contributed by atoms with E-state index in [0.717, 1.165) is 23.4 Å². The van der Waals surface area contributed by atoms with Gasteiger partial charge in [-0.2, -0.15) is 0 Å². The van der Waals surface area contributed by atoms with Crippen LogP contribution < -0.4 is 5.73 Å². The van der Waals surface area contributed by atoms with Gasteiger partial charge in [-0.1, -0.05) is 54.9 Å². The van der Waals surface area contributed by atoms with Gasteiger partial charge in [0.05, 0.1) is 0 Å². The lowest BCUT2D eigenvalue weighted by atomic mass is 9.94. The van der Waals surface area contributed by atoms with Gasteiger partial charge in [0.15, 0.2) is 0 Å². The van der Waals surface area contributed by atoms with Crippen molar-refractivity contribution in [2.45, 2.75) is 32.7 Å². The topological polar surface area (TPSA) is 26.0 Å². The maximum Gasteiger partial charge on any atom is 0.0441 e. The molecule has 1 atom stereocenters. The molecule has 0 bridgehead atoms. The third-order valence-electron chi connectivity index (χ3n) is 3.48. The lowest BCUT2D eigenvalue weighted by Crippen LogP contribution is -2.15. The lowest BCUT2D eigenvalue weighted by Gasteiger charge is -2.17. The fraction of sp³-hybridized carbons (Fsp3) is 0.294. The molecule has 1 nitrogen and oxygen atoms in total. The van der Waals surface area contributed by atoms with Crippen molar-refractivity contribution >= 4 is 11.6 Å². The smallest absolute Gasteiger partial charge is 0.0441 e. The largest absolute Gasteiger partial charge is 0.324 e. The summed E-state index contributed by atoms with van der Waals surface area (Å²) in [6, 6.07) is 14.5. The predicted octanol–water partition coefficient (Wildman–Crippen LogP) is 4.45. The minimum Gasteiger partial charge on any atom is -0.324 e. The maximum atomic E-state index is 6.35. The van der Waals surface area contributed by atoms with E-state index in [1.54, 1.807) is 0 Å². The molecule has 2 rings (SSSR count). The van der Waals surface area contributed by atoms with Gasteiger partial charge in [0.2, 0.25) is 0 Å². The van der Waals surface area contributed by atoms with Gasteiger partial charge in [0.25, 0.3) is 0 Å².